The highest BCUT2D eigenvalue weighted by molar-refractivity contribution is 7.19. The molecule has 3 nitrogen and oxygen atoms in total. The highest BCUT2D eigenvalue weighted by Gasteiger charge is 2.12. The van der Waals surface area contributed by atoms with Crippen LogP contribution in [0.5, 0.6) is 0 Å². The molecule has 0 spiro atoms. The number of halogens is 1. The van der Waals surface area contributed by atoms with Crippen LogP contribution in [0.15, 0.2) is 30.3 Å². The van der Waals surface area contributed by atoms with E-state index < -0.39 is 5.24 Å². The van der Waals surface area contributed by atoms with E-state index in [1.807, 2.05) is 30.3 Å². The van der Waals surface area contributed by atoms with Gasteiger partial charge in [-0.15, -0.1) is 0 Å². The van der Waals surface area contributed by atoms with Crippen LogP contribution in [0.1, 0.15) is 20.9 Å². The first-order chi connectivity index (χ1) is 8.16. The zero-order valence-electron chi connectivity index (χ0n) is 9.24. The van der Waals surface area contributed by atoms with Crippen LogP contribution in [0, 0.1) is 6.92 Å². The third-order valence-electron chi connectivity index (χ3n) is 2.26. The molecule has 1 aromatic carbocycles. The van der Waals surface area contributed by atoms with Gasteiger partial charge in [-0.2, -0.15) is 0 Å². The Morgan fingerprint density at radius 3 is 2.71 bits per heavy atom. The predicted octanol–water partition coefficient (Wildman–Crippen LogP) is 3.44. The number of hydrogen-bond acceptors (Lipinski definition) is 4. The van der Waals surface area contributed by atoms with Gasteiger partial charge in [-0.05, 0) is 24.1 Å². The Kier molecular flexibility index (Phi) is 3.76. The highest BCUT2D eigenvalue weighted by Crippen LogP contribution is 2.24. The van der Waals surface area contributed by atoms with E-state index in [4.69, 9.17) is 11.6 Å². The second kappa shape index (κ2) is 5.29. The van der Waals surface area contributed by atoms with Gasteiger partial charge in [0.25, 0.3) is 5.24 Å². The van der Waals surface area contributed by atoms with E-state index in [2.05, 4.69) is 10.3 Å². The fourth-order valence-corrected chi connectivity index (χ4v) is 2.47. The minimum Gasteiger partial charge on any atom is -0.357 e. The van der Waals surface area contributed by atoms with E-state index in [1.54, 1.807) is 6.92 Å². The summed E-state index contributed by atoms with van der Waals surface area (Å²) in [6.45, 7) is 2.46. The summed E-state index contributed by atoms with van der Waals surface area (Å²) in [5, 5.41) is 3.44. The van der Waals surface area contributed by atoms with Gasteiger partial charge >= 0.3 is 0 Å². The molecule has 0 aliphatic carbocycles. The molecule has 0 fully saturated rings. The van der Waals surface area contributed by atoms with Gasteiger partial charge in [0, 0.05) is 6.54 Å². The minimum atomic E-state index is -0.451. The average molecular weight is 267 g/mol. The lowest BCUT2D eigenvalue weighted by Crippen LogP contribution is -1.98. The lowest BCUT2D eigenvalue weighted by atomic mass is 10.2. The van der Waals surface area contributed by atoms with Crippen LogP contribution in [0.25, 0.3) is 0 Å². The van der Waals surface area contributed by atoms with Crippen LogP contribution in [-0.4, -0.2) is 10.2 Å². The smallest absolute Gasteiger partial charge is 0.264 e. The maximum absolute atomic E-state index is 11.1. The van der Waals surface area contributed by atoms with Gasteiger partial charge in [0.15, 0.2) is 5.13 Å². The summed E-state index contributed by atoms with van der Waals surface area (Å²) < 4.78 is 0. The van der Waals surface area contributed by atoms with E-state index in [-0.39, 0.29) is 0 Å². The first-order valence-corrected chi connectivity index (χ1v) is 6.31. The Hall–Kier alpha value is -1.39. The van der Waals surface area contributed by atoms with Crippen molar-refractivity contribution in [3.05, 3.63) is 46.5 Å². The Morgan fingerprint density at radius 1 is 1.41 bits per heavy atom. The number of carbonyl (C=O) groups is 1. The maximum Gasteiger partial charge on any atom is 0.264 e. The number of nitrogens with zero attached hydrogens (tertiary/aromatic N) is 1. The molecular formula is C12H11ClN2OS. The van der Waals surface area contributed by atoms with Gasteiger partial charge in [-0.25, -0.2) is 4.98 Å². The molecule has 88 valence electrons. The predicted molar refractivity (Wildman–Crippen MR) is 70.8 cm³/mol. The molecule has 0 atom stereocenters. The molecule has 1 heterocycles. The molecule has 0 saturated heterocycles. The van der Waals surface area contributed by atoms with E-state index in [9.17, 15) is 4.79 Å². The van der Waals surface area contributed by atoms with Gasteiger partial charge in [0.2, 0.25) is 0 Å². The van der Waals surface area contributed by atoms with Crippen molar-refractivity contribution >= 4 is 33.3 Å². The lowest BCUT2D eigenvalue weighted by Gasteiger charge is -2.01. The summed E-state index contributed by atoms with van der Waals surface area (Å²) in [7, 11) is 0. The van der Waals surface area contributed by atoms with Crippen molar-refractivity contribution in [2.75, 3.05) is 5.32 Å². The Labute approximate surface area is 108 Å². The summed E-state index contributed by atoms with van der Waals surface area (Å²) in [6, 6.07) is 10.00. The lowest BCUT2D eigenvalue weighted by molar-refractivity contribution is 0.108. The first-order valence-electron chi connectivity index (χ1n) is 5.12. The minimum absolute atomic E-state index is 0.451. The second-order valence-electron chi connectivity index (χ2n) is 3.55. The van der Waals surface area contributed by atoms with E-state index in [1.165, 1.54) is 16.9 Å². The van der Waals surface area contributed by atoms with Gasteiger partial charge in [-0.3, -0.25) is 4.79 Å². The van der Waals surface area contributed by atoms with Gasteiger partial charge < -0.3 is 5.32 Å². The van der Waals surface area contributed by atoms with Crippen molar-refractivity contribution < 1.29 is 4.79 Å². The Bertz CT molecular complexity index is 525. The van der Waals surface area contributed by atoms with Crippen LogP contribution in [0.2, 0.25) is 0 Å². The average Bonchev–Trinajstić information content (AvgIpc) is 2.69. The molecule has 0 amide bonds. The summed E-state index contributed by atoms with van der Waals surface area (Å²) in [4.78, 5) is 15.8. The van der Waals surface area contributed by atoms with Crippen molar-refractivity contribution in [3.8, 4) is 0 Å². The number of rotatable bonds is 4. The van der Waals surface area contributed by atoms with Crippen molar-refractivity contribution in [3.63, 3.8) is 0 Å². The largest absolute Gasteiger partial charge is 0.357 e. The fraction of sp³-hybridized carbons (Fsp3) is 0.167. The molecule has 1 aromatic heterocycles. The summed E-state index contributed by atoms with van der Waals surface area (Å²) in [5.74, 6) is 0. The van der Waals surface area contributed by atoms with Crippen molar-refractivity contribution in [2.24, 2.45) is 0 Å². The molecule has 0 radical (unpaired) electrons. The third-order valence-corrected chi connectivity index (χ3v) is 3.68. The maximum atomic E-state index is 11.1. The monoisotopic (exact) mass is 266 g/mol. The number of thiazole rings is 1. The topological polar surface area (TPSA) is 42.0 Å². The number of anilines is 1. The quantitative estimate of drug-likeness (QED) is 0.862. The first kappa shape index (κ1) is 12.1. The molecule has 0 bridgehead atoms. The Morgan fingerprint density at radius 2 is 2.12 bits per heavy atom. The van der Waals surface area contributed by atoms with Crippen molar-refractivity contribution in [2.45, 2.75) is 13.5 Å². The van der Waals surface area contributed by atoms with Crippen LogP contribution in [0.3, 0.4) is 0 Å². The van der Waals surface area contributed by atoms with Gasteiger partial charge in [0.05, 0.1) is 5.69 Å². The molecule has 0 aliphatic rings. The molecule has 0 saturated carbocycles. The second-order valence-corrected chi connectivity index (χ2v) is 4.89. The standard InChI is InChI=1S/C12H11ClN2OS/c1-8-10(11(13)16)17-12(15-8)14-7-9-5-3-2-4-6-9/h2-6H,7H2,1H3,(H,14,15). The number of aryl methyl sites for hydroxylation is 1. The molecule has 17 heavy (non-hydrogen) atoms. The summed E-state index contributed by atoms with van der Waals surface area (Å²) >= 11 is 6.73. The van der Waals surface area contributed by atoms with Crippen LogP contribution < -0.4 is 5.32 Å². The number of nitrogens with one attached hydrogen (secondary N) is 1. The van der Waals surface area contributed by atoms with Crippen molar-refractivity contribution in [1.82, 2.24) is 4.98 Å². The number of aromatic nitrogens is 1. The molecule has 0 unspecified atom stereocenters. The van der Waals surface area contributed by atoms with Crippen LogP contribution in [0.4, 0.5) is 5.13 Å². The van der Waals surface area contributed by atoms with Crippen LogP contribution >= 0.6 is 22.9 Å². The van der Waals surface area contributed by atoms with E-state index >= 15 is 0 Å². The van der Waals surface area contributed by atoms with E-state index in [0.717, 1.165) is 5.13 Å². The number of benzene rings is 1. The van der Waals surface area contributed by atoms with E-state index in [0.29, 0.717) is 17.1 Å². The molecule has 2 aromatic rings. The summed E-state index contributed by atoms with van der Waals surface area (Å²) in [6.07, 6.45) is 0. The van der Waals surface area contributed by atoms with Crippen LogP contribution in [-0.2, 0) is 6.54 Å². The Balaban J connectivity index is 2.05. The molecule has 0 aliphatic heterocycles. The fourth-order valence-electron chi connectivity index (χ4n) is 1.43. The van der Waals surface area contributed by atoms with Crippen molar-refractivity contribution in [1.29, 1.82) is 0 Å². The number of hydrogen-bond donors (Lipinski definition) is 1. The molecule has 5 heteroatoms. The normalized spacial score (nSPS) is 10.2. The zero-order valence-corrected chi connectivity index (χ0v) is 10.8. The molecule has 1 N–H and O–H groups in total. The third kappa shape index (κ3) is 3.05. The summed E-state index contributed by atoms with van der Waals surface area (Å²) in [5.41, 5.74) is 1.84. The van der Waals surface area contributed by atoms with Gasteiger partial charge in [0.1, 0.15) is 4.88 Å². The zero-order chi connectivity index (χ0) is 12.3. The number of carbonyl (C=O) groups excluding carboxylic acids is 1. The SMILES string of the molecule is Cc1nc(NCc2ccccc2)sc1C(=O)Cl. The highest BCUT2D eigenvalue weighted by atomic mass is 35.5. The molecular weight excluding hydrogens is 256 g/mol. The molecule has 2 rings (SSSR count). The van der Waals surface area contributed by atoms with Gasteiger partial charge in [-0.1, -0.05) is 41.7 Å².